The van der Waals surface area contributed by atoms with E-state index < -0.39 is 0 Å². The molecule has 0 bridgehead atoms. The van der Waals surface area contributed by atoms with Gasteiger partial charge in [0.05, 0.1) is 31.5 Å². The Hall–Kier alpha value is -2.58. The minimum Gasteiger partial charge on any atom is -0.493 e. The van der Waals surface area contributed by atoms with E-state index in [9.17, 15) is 0 Å². The minimum absolute atomic E-state index is 0.130. The van der Waals surface area contributed by atoms with E-state index in [-0.39, 0.29) is 6.04 Å². The quantitative estimate of drug-likeness (QED) is 0.888. The van der Waals surface area contributed by atoms with Crippen LogP contribution >= 0.6 is 0 Å². The Labute approximate surface area is 130 Å². The van der Waals surface area contributed by atoms with Crippen molar-refractivity contribution in [1.82, 2.24) is 10.3 Å². The summed E-state index contributed by atoms with van der Waals surface area (Å²) < 4.78 is 10.6. The highest BCUT2D eigenvalue weighted by molar-refractivity contribution is 5.42. The van der Waals surface area contributed by atoms with E-state index in [2.05, 4.69) is 23.3 Å². The molecule has 1 aromatic carbocycles. The van der Waals surface area contributed by atoms with Gasteiger partial charge in [0.15, 0.2) is 11.5 Å². The highest BCUT2D eigenvalue weighted by Gasteiger charge is 2.12. The number of aromatic nitrogens is 1. The highest BCUT2D eigenvalue weighted by Crippen LogP contribution is 2.29. The first-order valence-electron chi connectivity index (χ1n) is 6.99. The third-order valence-electron chi connectivity index (χ3n) is 3.48. The summed E-state index contributed by atoms with van der Waals surface area (Å²) in [5.74, 6) is 1.31. The fraction of sp³-hybridized carbons (Fsp3) is 0.294. The van der Waals surface area contributed by atoms with Crippen LogP contribution in [-0.2, 0) is 6.54 Å². The molecule has 0 amide bonds. The number of ether oxygens (including phenoxy) is 2. The van der Waals surface area contributed by atoms with Gasteiger partial charge in [-0.15, -0.1) is 0 Å². The zero-order valence-electron chi connectivity index (χ0n) is 13.0. The molecule has 0 saturated carbocycles. The summed E-state index contributed by atoms with van der Waals surface area (Å²) in [4.78, 5) is 4.34. The maximum atomic E-state index is 8.83. The molecular formula is C17H19N3O2. The molecule has 2 rings (SSSR count). The van der Waals surface area contributed by atoms with Crippen LogP contribution < -0.4 is 14.8 Å². The van der Waals surface area contributed by atoms with Crippen molar-refractivity contribution >= 4 is 0 Å². The summed E-state index contributed by atoms with van der Waals surface area (Å²) in [7, 11) is 3.21. The minimum atomic E-state index is 0.130. The Balaban J connectivity index is 2.07. The Morgan fingerprint density at radius 1 is 1.18 bits per heavy atom. The zero-order valence-corrected chi connectivity index (χ0v) is 13.0. The molecule has 0 aliphatic carbocycles. The number of nitrogens with zero attached hydrogens (tertiary/aromatic N) is 2. The molecule has 1 unspecified atom stereocenters. The lowest BCUT2D eigenvalue weighted by atomic mass is 10.1. The number of hydrogen-bond donors (Lipinski definition) is 1. The average Bonchev–Trinajstić information content (AvgIpc) is 2.59. The topological polar surface area (TPSA) is 67.2 Å². The van der Waals surface area contributed by atoms with E-state index >= 15 is 0 Å². The summed E-state index contributed by atoms with van der Waals surface area (Å²) in [6, 6.07) is 11.6. The van der Waals surface area contributed by atoms with Crippen molar-refractivity contribution < 1.29 is 9.47 Å². The lowest BCUT2D eigenvalue weighted by molar-refractivity contribution is 0.347. The molecule has 114 valence electrons. The molecule has 22 heavy (non-hydrogen) atoms. The number of pyridine rings is 1. The van der Waals surface area contributed by atoms with Crippen molar-refractivity contribution in [3.05, 3.63) is 53.3 Å². The van der Waals surface area contributed by atoms with Crippen LogP contribution in [0, 0.1) is 11.3 Å². The molecule has 5 heteroatoms. The number of nitrogens with one attached hydrogen (secondary N) is 1. The Morgan fingerprint density at radius 2 is 1.91 bits per heavy atom. The molecule has 1 N–H and O–H groups in total. The molecule has 0 fully saturated rings. The molecule has 2 aromatic rings. The van der Waals surface area contributed by atoms with Gasteiger partial charge in [0.25, 0.3) is 0 Å². The molecule has 1 aromatic heterocycles. The van der Waals surface area contributed by atoms with Gasteiger partial charge in [0, 0.05) is 24.8 Å². The third-order valence-corrected chi connectivity index (χ3v) is 3.48. The van der Waals surface area contributed by atoms with Crippen LogP contribution in [0.1, 0.15) is 29.8 Å². The summed E-state index contributed by atoms with van der Waals surface area (Å²) in [5.41, 5.74) is 2.57. The molecule has 5 nitrogen and oxygen atoms in total. The number of methoxy groups -OCH3 is 2. The molecule has 1 atom stereocenters. The smallest absolute Gasteiger partial charge is 0.183 e. The van der Waals surface area contributed by atoms with Gasteiger partial charge in [0.2, 0.25) is 0 Å². The maximum Gasteiger partial charge on any atom is 0.183 e. The van der Waals surface area contributed by atoms with E-state index in [4.69, 9.17) is 14.7 Å². The van der Waals surface area contributed by atoms with Crippen LogP contribution in [0.5, 0.6) is 11.5 Å². The van der Waals surface area contributed by atoms with Crippen molar-refractivity contribution in [2.24, 2.45) is 0 Å². The van der Waals surface area contributed by atoms with Crippen LogP contribution in [0.2, 0.25) is 0 Å². The van der Waals surface area contributed by atoms with Gasteiger partial charge >= 0.3 is 0 Å². The highest BCUT2D eigenvalue weighted by atomic mass is 16.5. The van der Waals surface area contributed by atoms with Crippen molar-refractivity contribution in [1.29, 1.82) is 5.26 Å². The molecule has 0 aliphatic rings. The number of rotatable bonds is 6. The average molecular weight is 297 g/mol. The first-order valence-corrected chi connectivity index (χ1v) is 6.99. The number of nitriles is 1. The van der Waals surface area contributed by atoms with Crippen molar-refractivity contribution in [2.45, 2.75) is 19.5 Å². The second-order valence-corrected chi connectivity index (χ2v) is 4.83. The van der Waals surface area contributed by atoms with Crippen molar-refractivity contribution in [2.75, 3.05) is 14.2 Å². The van der Waals surface area contributed by atoms with Crippen LogP contribution in [-0.4, -0.2) is 19.2 Å². The fourth-order valence-corrected chi connectivity index (χ4v) is 2.19. The van der Waals surface area contributed by atoms with Gasteiger partial charge in [-0.25, -0.2) is 0 Å². The van der Waals surface area contributed by atoms with Gasteiger partial charge in [-0.3, -0.25) is 4.98 Å². The van der Waals surface area contributed by atoms with E-state index in [1.165, 1.54) is 0 Å². The van der Waals surface area contributed by atoms with E-state index in [0.29, 0.717) is 23.6 Å². The fourth-order valence-electron chi connectivity index (χ4n) is 2.19. The largest absolute Gasteiger partial charge is 0.493 e. The standard InChI is InChI=1S/C17H19N3O2/c1-12(14-6-4-13(10-18)5-7-14)20-11-15-17(22-3)16(21-2)8-9-19-15/h4-9,12,20H,11H2,1-3H3. The molecule has 0 radical (unpaired) electrons. The normalized spacial score (nSPS) is 11.5. The summed E-state index contributed by atoms with van der Waals surface area (Å²) >= 11 is 0. The molecule has 0 spiro atoms. The summed E-state index contributed by atoms with van der Waals surface area (Å²) in [5, 5.41) is 12.2. The van der Waals surface area contributed by atoms with Gasteiger partial charge in [-0.2, -0.15) is 5.26 Å². The van der Waals surface area contributed by atoms with Crippen LogP contribution in [0.15, 0.2) is 36.5 Å². The van der Waals surface area contributed by atoms with E-state index in [1.807, 2.05) is 24.3 Å². The van der Waals surface area contributed by atoms with Gasteiger partial charge in [-0.05, 0) is 24.6 Å². The first-order chi connectivity index (χ1) is 10.7. The molecule has 0 saturated heterocycles. The van der Waals surface area contributed by atoms with E-state index in [0.717, 1.165) is 11.3 Å². The first kappa shape index (κ1) is 15.8. The van der Waals surface area contributed by atoms with Crippen LogP contribution in [0.25, 0.3) is 0 Å². The summed E-state index contributed by atoms with van der Waals surface area (Å²) in [6.45, 7) is 2.62. The third kappa shape index (κ3) is 3.54. The molecule has 0 aliphatic heterocycles. The van der Waals surface area contributed by atoms with Gasteiger partial charge < -0.3 is 14.8 Å². The molecule has 1 heterocycles. The van der Waals surface area contributed by atoms with Gasteiger partial charge in [0.1, 0.15) is 0 Å². The lowest BCUT2D eigenvalue weighted by Gasteiger charge is -2.16. The SMILES string of the molecule is COc1ccnc(CNC(C)c2ccc(C#N)cc2)c1OC. The molecular weight excluding hydrogens is 278 g/mol. The Kier molecular flexibility index (Phi) is 5.34. The zero-order chi connectivity index (χ0) is 15.9. The second kappa shape index (κ2) is 7.43. The van der Waals surface area contributed by atoms with Crippen LogP contribution in [0.4, 0.5) is 0 Å². The van der Waals surface area contributed by atoms with Gasteiger partial charge in [-0.1, -0.05) is 12.1 Å². The maximum absolute atomic E-state index is 8.83. The summed E-state index contributed by atoms with van der Waals surface area (Å²) in [6.07, 6.45) is 1.70. The number of benzene rings is 1. The monoisotopic (exact) mass is 297 g/mol. The lowest BCUT2D eigenvalue weighted by Crippen LogP contribution is -2.19. The van der Waals surface area contributed by atoms with Crippen molar-refractivity contribution in [3.8, 4) is 17.6 Å². The van der Waals surface area contributed by atoms with Crippen LogP contribution in [0.3, 0.4) is 0 Å². The second-order valence-electron chi connectivity index (χ2n) is 4.83. The van der Waals surface area contributed by atoms with E-state index in [1.54, 1.807) is 26.5 Å². The number of hydrogen-bond acceptors (Lipinski definition) is 5. The predicted molar refractivity (Wildman–Crippen MR) is 83.8 cm³/mol. The van der Waals surface area contributed by atoms with Crippen molar-refractivity contribution in [3.63, 3.8) is 0 Å². The predicted octanol–water partition coefficient (Wildman–Crippen LogP) is 2.82. The Bertz CT molecular complexity index is 663. The Morgan fingerprint density at radius 3 is 2.50 bits per heavy atom.